The predicted octanol–water partition coefficient (Wildman–Crippen LogP) is 1.94. The van der Waals surface area contributed by atoms with Gasteiger partial charge < -0.3 is 11.1 Å². The Hall–Kier alpha value is -1.06. The smallest absolute Gasteiger partial charge is 0.241 e. The van der Waals surface area contributed by atoms with Crippen molar-refractivity contribution in [3.05, 3.63) is 35.4 Å². The molecule has 0 fully saturated rings. The number of nitrogens with one attached hydrogen (secondary N) is 1. The van der Waals surface area contributed by atoms with Gasteiger partial charge in [-0.2, -0.15) is 0 Å². The Morgan fingerprint density at radius 3 is 2.62 bits per heavy atom. The zero-order valence-corrected chi connectivity index (χ0v) is 10.5. The third kappa shape index (κ3) is 3.83. The van der Waals surface area contributed by atoms with E-state index in [0.29, 0.717) is 6.54 Å². The molecular formula is C12H19ClN2O. The highest BCUT2D eigenvalue weighted by Gasteiger charge is 2.16. The molecule has 1 atom stereocenters. The molecule has 0 saturated carbocycles. The van der Waals surface area contributed by atoms with Gasteiger partial charge >= 0.3 is 0 Å². The number of benzene rings is 1. The summed E-state index contributed by atoms with van der Waals surface area (Å²) in [6.45, 7) is 4.65. The van der Waals surface area contributed by atoms with Crippen molar-refractivity contribution in [2.24, 2.45) is 5.73 Å². The van der Waals surface area contributed by atoms with Crippen molar-refractivity contribution in [1.29, 1.82) is 0 Å². The Morgan fingerprint density at radius 1 is 1.44 bits per heavy atom. The van der Waals surface area contributed by atoms with E-state index in [1.54, 1.807) is 0 Å². The second kappa shape index (κ2) is 7.25. The summed E-state index contributed by atoms with van der Waals surface area (Å²) in [7, 11) is 0. The highest BCUT2D eigenvalue weighted by molar-refractivity contribution is 5.85. The maximum absolute atomic E-state index is 11.6. The van der Waals surface area contributed by atoms with Crippen molar-refractivity contribution in [3.8, 4) is 0 Å². The van der Waals surface area contributed by atoms with Gasteiger partial charge in [-0.25, -0.2) is 0 Å². The van der Waals surface area contributed by atoms with Gasteiger partial charge in [0.05, 0.1) is 0 Å². The van der Waals surface area contributed by atoms with E-state index in [4.69, 9.17) is 5.73 Å². The highest BCUT2D eigenvalue weighted by atomic mass is 35.5. The number of nitrogens with two attached hydrogens (primary N) is 1. The Bertz CT molecular complexity index is 342. The summed E-state index contributed by atoms with van der Waals surface area (Å²) in [5.41, 5.74) is 7.82. The lowest BCUT2D eigenvalue weighted by Crippen LogP contribution is -2.34. The third-order valence-electron chi connectivity index (χ3n) is 2.36. The monoisotopic (exact) mass is 242 g/mol. The lowest BCUT2D eigenvalue weighted by Gasteiger charge is -2.14. The fourth-order valence-corrected chi connectivity index (χ4v) is 1.44. The molecule has 0 aliphatic heterocycles. The van der Waals surface area contributed by atoms with E-state index in [9.17, 15) is 4.79 Å². The van der Waals surface area contributed by atoms with Gasteiger partial charge in [0.1, 0.15) is 6.04 Å². The zero-order chi connectivity index (χ0) is 11.3. The number of rotatable bonds is 4. The molecule has 0 heterocycles. The van der Waals surface area contributed by atoms with Crippen LogP contribution < -0.4 is 11.1 Å². The number of hydrogen-bond acceptors (Lipinski definition) is 2. The van der Waals surface area contributed by atoms with Gasteiger partial charge in [-0.1, -0.05) is 31.2 Å². The number of carbonyl (C=O) groups excluding carboxylic acids is 1. The van der Waals surface area contributed by atoms with E-state index < -0.39 is 6.04 Å². The molecule has 1 unspecified atom stereocenters. The van der Waals surface area contributed by atoms with Crippen LogP contribution in [0.4, 0.5) is 0 Å². The van der Waals surface area contributed by atoms with Crippen molar-refractivity contribution in [3.63, 3.8) is 0 Å². The summed E-state index contributed by atoms with van der Waals surface area (Å²) < 4.78 is 0. The molecule has 1 aromatic rings. The van der Waals surface area contributed by atoms with E-state index >= 15 is 0 Å². The van der Waals surface area contributed by atoms with Gasteiger partial charge in [0.15, 0.2) is 0 Å². The summed E-state index contributed by atoms with van der Waals surface area (Å²) in [6, 6.07) is 7.14. The molecule has 16 heavy (non-hydrogen) atoms. The average molecular weight is 243 g/mol. The van der Waals surface area contributed by atoms with E-state index in [1.807, 2.05) is 38.1 Å². The fourth-order valence-electron chi connectivity index (χ4n) is 1.44. The van der Waals surface area contributed by atoms with Crippen LogP contribution in [-0.4, -0.2) is 12.5 Å². The fraction of sp³-hybridized carbons (Fsp3) is 0.417. The molecule has 1 rings (SSSR count). The minimum atomic E-state index is -0.558. The Balaban J connectivity index is 0.00000225. The van der Waals surface area contributed by atoms with Crippen molar-refractivity contribution >= 4 is 18.3 Å². The van der Waals surface area contributed by atoms with E-state index in [-0.39, 0.29) is 18.3 Å². The van der Waals surface area contributed by atoms with Gasteiger partial charge in [-0.05, 0) is 24.5 Å². The van der Waals surface area contributed by atoms with Crippen LogP contribution in [0.1, 0.15) is 30.5 Å². The molecule has 0 bridgehead atoms. The molecule has 0 radical (unpaired) electrons. The van der Waals surface area contributed by atoms with Crippen LogP contribution in [0.5, 0.6) is 0 Å². The zero-order valence-electron chi connectivity index (χ0n) is 9.69. The maximum atomic E-state index is 11.6. The minimum absolute atomic E-state index is 0. The van der Waals surface area contributed by atoms with Gasteiger partial charge in [0.25, 0.3) is 0 Å². The first-order valence-electron chi connectivity index (χ1n) is 5.25. The quantitative estimate of drug-likeness (QED) is 0.848. The molecule has 0 spiro atoms. The van der Waals surface area contributed by atoms with Crippen LogP contribution in [0.2, 0.25) is 0 Å². The van der Waals surface area contributed by atoms with E-state index in [1.165, 1.54) is 0 Å². The third-order valence-corrected chi connectivity index (χ3v) is 2.36. The van der Waals surface area contributed by atoms with Crippen molar-refractivity contribution in [2.45, 2.75) is 26.3 Å². The number of aryl methyl sites for hydroxylation is 1. The molecule has 0 aliphatic carbocycles. The second-order valence-corrected chi connectivity index (χ2v) is 3.63. The Morgan fingerprint density at radius 2 is 2.06 bits per heavy atom. The summed E-state index contributed by atoms with van der Waals surface area (Å²) in [5.74, 6) is -0.105. The van der Waals surface area contributed by atoms with Gasteiger partial charge in [0.2, 0.25) is 5.91 Å². The Labute approximate surface area is 103 Å². The molecule has 3 nitrogen and oxygen atoms in total. The number of amides is 1. The molecular weight excluding hydrogens is 224 g/mol. The first kappa shape index (κ1) is 14.9. The SMILES string of the molecule is CCCNC(=O)C(N)c1ccccc1C.Cl. The van der Waals surface area contributed by atoms with Crippen molar-refractivity contribution in [1.82, 2.24) is 5.32 Å². The van der Waals surface area contributed by atoms with Crippen LogP contribution in [-0.2, 0) is 4.79 Å². The molecule has 0 aliphatic rings. The molecule has 3 N–H and O–H groups in total. The van der Waals surface area contributed by atoms with Crippen LogP contribution in [0, 0.1) is 6.92 Å². The lowest BCUT2D eigenvalue weighted by atomic mass is 10.0. The molecule has 1 aromatic carbocycles. The summed E-state index contributed by atoms with van der Waals surface area (Å²) in [4.78, 5) is 11.6. The molecule has 90 valence electrons. The van der Waals surface area contributed by atoms with Crippen molar-refractivity contribution < 1.29 is 4.79 Å². The number of hydrogen-bond donors (Lipinski definition) is 2. The van der Waals surface area contributed by atoms with Gasteiger partial charge in [-0.3, -0.25) is 4.79 Å². The van der Waals surface area contributed by atoms with Gasteiger partial charge in [-0.15, -0.1) is 12.4 Å². The van der Waals surface area contributed by atoms with Crippen LogP contribution in [0.3, 0.4) is 0 Å². The Kier molecular flexibility index (Phi) is 6.77. The first-order chi connectivity index (χ1) is 7.16. The van der Waals surface area contributed by atoms with Crippen LogP contribution >= 0.6 is 12.4 Å². The van der Waals surface area contributed by atoms with E-state index in [2.05, 4.69) is 5.32 Å². The highest BCUT2D eigenvalue weighted by Crippen LogP contribution is 2.14. The normalized spacial score (nSPS) is 11.4. The predicted molar refractivity (Wildman–Crippen MR) is 68.7 cm³/mol. The summed E-state index contributed by atoms with van der Waals surface area (Å²) in [5, 5.41) is 2.79. The van der Waals surface area contributed by atoms with Crippen molar-refractivity contribution in [2.75, 3.05) is 6.54 Å². The van der Waals surface area contributed by atoms with Crippen LogP contribution in [0.15, 0.2) is 24.3 Å². The summed E-state index contributed by atoms with van der Waals surface area (Å²) >= 11 is 0. The number of carbonyl (C=O) groups is 1. The van der Waals surface area contributed by atoms with Gasteiger partial charge in [0, 0.05) is 6.54 Å². The summed E-state index contributed by atoms with van der Waals surface area (Å²) in [6.07, 6.45) is 0.923. The van der Waals surface area contributed by atoms with E-state index in [0.717, 1.165) is 17.5 Å². The largest absolute Gasteiger partial charge is 0.354 e. The minimum Gasteiger partial charge on any atom is -0.354 e. The first-order valence-corrected chi connectivity index (χ1v) is 5.25. The number of halogens is 1. The maximum Gasteiger partial charge on any atom is 0.241 e. The standard InChI is InChI=1S/C12H18N2O.ClH/c1-3-8-14-12(15)11(13)10-7-5-4-6-9(10)2;/h4-7,11H,3,8,13H2,1-2H3,(H,14,15);1H. The molecule has 0 aromatic heterocycles. The molecule has 0 saturated heterocycles. The topological polar surface area (TPSA) is 55.1 Å². The second-order valence-electron chi connectivity index (χ2n) is 3.63. The molecule has 1 amide bonds. The lowest BCUT2D eigenvalue weighted by molar-refractivity contribution is -0.122. The average Bonchev–Trinajstić information content (AvgIpc) is 2.25. The van der Waals surface area contributed by atoms with Crippen LogP contribution in [0.25, 0.3) is 0 Å². The molecule has 4 heteroatoms.